The van der Waals surface area contributed by atoms with Crippen molar-refractivity contribution in [2.24, 2.45) is 0 Å². The number of rotatable bonds is 6. The summed E-state index contributed by atoms with van der Waals surface area (Å²) in [4.78, 5) is 39.0. The molecule has 0 N–H and O–H groups in total. The van der Waals surface area contributed by atoms with Gasteiger partial charge in [0.1, 0.15) is 17.5 Å². The molecule has 11 heteroatoms. The minimum Gasteiger partial charge on any atom is -0.350 e. The second-order valence-electron chi connectivity index (χ2n) is 9.63. The zero-order valence-electron chi connectivity index (χ0n) is 22.1. The number of fused-ring (bicyclic) bond motifs is 1. The average Bonchev–Trinajstić information content (AvgIpc) is 3.27. The smallest absolute Gasteiger partial charge is 0.350 e. The summed E-state index contributed by atoms with van der Waals surface area (Å²) in [7, 11) is 0. The first-order valence-corrected chi connectivity index (χ1v) is 13.2. The van der Waals surface area contributed by atoms with Crippen molar-refractivity contribution in [2.75, 3.05) is 24.5 Å². The molecule has 1 fully saturated rings. The highest BCUT2D eigenvalue weighted by Crippen LogP contribution is 2.35. The number of carbonyl (C=O) groups is 1. The zero-order chi connectivity index (χ0) is 27.8. The largest absolute Gasteiger partial charge is 0.357 e. The lowest BCUT2D eigenvalue weighted by atomic mass is 10.1. The van der Waals surface area contributed by atoms with Crippen LogP contribution in [-0.2, 0) is 11.3 Å². The first-order chi connectivity index (χ1) is 18.7. The molecule has 0 radical (unpaired) electrons. The van der Waals surface area contributed by atoms with E-state index in [1.54, 1.807) is 40.0 Å². The first kappa shape index (κ1) is 26.6. The summed E-state index contributed by atoms with van der Waals surface area (Å²) in [6.45, 7) is 11.4. The van der Waals surface area contributed by atoms with Crippen LogP contribution in [0.2, 0.25) is 5.02 Å². The van der Waals surface area contributed by atoms with Crippen LogP contribution in [0.4, 0.5) is 10.2 Å². The normalized spacial score (nSPS) is 15.7. The molecule has 1 atom stereocenters. The molecule has 5 rings (SSSR count). The molecule has 1 aliphatic rings. The maximum Gasteiger partial charge on any atom is 0.357 e. The lowest BCUT2D eigenvalue weighted by molar-refractivity contribution is -0.126. The quantitative estimate of drug-likeness (QED) is 0.332. The SMILES string of the molecule is C=CC(=O)N1CCN(c2nc(=O)n(-c3c(C)cnn3CCC)c3nc(-c4ccccc4F)c(Cl)cc23)[C@@H](C)C1. The van der Waals surface area contributed by atoms with Gasteiger partial charge >= 0.3 is 5.69 Å². The standard InChI is InChI=1S/C28H29ClFN7O2/c1-5-11-36-27(17(3)15-31-36)37-26-20(14-21(29)24(32-26)19-9-7-8-10-22(19)30)25(33-28(37)39)35-13-12-34(16-18(35)4)23(38)6-2/h6-10,14-15,18H,2,5,11-13,16H2,1,3-4H3/t18-/m0/s1. The number of amides is 1. The third kappa shape index (κ3) is 4.69. The molecule has 1 saturated heterocycles. The Morgan fingerprint density at radius 2 is 2.03 bits per heavy atom. The lowest BCUT2D eigenvalue weighted by Gasteiger charge is -2.40. The van der Waals surface area contributed by atoms with Crippen LogP contribution in [0.1, 0.15) is 25.8 Å². The molecule has 0 spiro atoms. The third-order valence-corrected chi connectivity index (χ3v) is 7.24. The van der Waals surface area contributed by atoms with E-state index < -0.39 is 11.5 Å². The summed E-state index contributed by atoms with van der Waals surface area (Å²) in [6.07, 6.45) is 3.80. The van der Waals surface area contributed by atoms with Crippen LogP contribution in [0.15, 0.2) is 54.0 Å². The van der Waals surface area contributed by atoms with Gasteiger partial charge < -0.3 is 9.80 Å². The fourth-order valence-electron chi connectivity index (χ4n) is 5.10. The molecule has 9 nitrogen and oxygen atoms in total. The third-order valence-electron chi connectivity index (χ3n) is 6.95. The number of piperazine rings is 1. The Labute approximate surface area is 230 Å². The second-order valence-corrected chi connectivity index (χ2v) is 10.0. The van der Waals surface area contributed by atoms with E-state index >= 15 is 0 Å². The Hall–Kier alpha value is -4.05. The molecule has 4 aromatic rings. The van der Waals surface area contributed by atoms with Crippen LogP contribution in [0.25, 0.3) is 28.1 Å². The molecule has 202 valence electrons. The number of carbonyl (C=O) groups excluding carboxylic acids is 1. The number of nitrogens with zero attached hydrogens (tertiary/aromatic N) is 7. The van der Waals surface area contributed by atoms with E-state index in [1.165, 1.54) is 16.7 Å². The minimum absolute atomic E-state index is 0.145. The van der Waals surface area contributed by atoms with E-state index in [4.69, 9.17) is 16.6 Å². The minimum atomic E-state index is -0.537. The van der Waals surface area contributed by atoms with Gasteiger partial charge in [-0.2, -0.15) is 10.1 Å². The molecule has 0 unspecified atom stereocenters. The maximum atomic E-state index is 14.8. The van der Waals surface area contributed by atoms with Gasteiger partial charge in [0.25, 0.3) is 0 Å². The highest BCUT2D eigenvalue weighted by atomic mass is 35.5. The molecule has 3 aromatic heterocycles. The van der Waals surface area contributed by atoms with Gasteiger partial charge in [0.2, 0.25) is 5.91 Å². The summed E-state index contributed by atoms with van der Waals surface area (Å²) in [5.74, 6) is 0.347. The fourth-order valence-corrected chi connectivity index (χ4v) is 5.35. The summed E-state index contributed by atoms with van der Waals surface area (Å²) in [6, 6.07) is 7.78. The molecule has 1 amide bonds. The molecular formula is C28H29ClFN7O2. The van der Waals surface area contributed by atoms with E-state index in [1.807, 2.05) is 25.7 Å². The molecular weight excluding hydrogens is 521 g/mol. The summed E-state index contributed by atoms with van der Waals surface area (Å²) in [5.41, 5.74) is 0.983. The van der Waals surface area contributed by atoms with Crippen molar-refractivity contribution in [1.82, 2.24) is 29.2 Å². The molecule has 1 aliphatic heterocycles. The van der Waals surface area contributed by atoms with Crippen LogP contribution in [0.5, 0.6) is 0 Å². The van der Waals surface area contributed by atoms with E-state index in [2.05, 4.69) is 16.7 Å². The summed E-state index contributed by atoms with van der Waals surface area (Å²) >= 11 is 6.73. The lowest BCUT2D eigenvalue weighted by Crippen LogP contribution is -2.54. The molecule has 4 heterocycles. The topological polar surface area (TPSA) is 89.2 Å². The van der Waals surface area contributed by atoms with Crippen LogP contribution in [0, 0.1) is 12.7 Å². The van der Waals surface area contributed by atoms with Gasteiger partial charge in [0, 0.05) is 43.3 Å². The Morgan fingerprint density at radius 1 is 1.26 bits per heavy atom. The van der Waals surface area contributed by atoms with E-state index in [0.717, 1.165) is 12.0 Å². The predicted molar refractivity (Wildman–Crippen MR) is 150 cm³/mol. The Bertz CT molecular complexity index is 1650. The average molecular weight is 550 g/mol. The predicted octanol–water partition coefficient (Wildman–Crippen LogP) is 4.38. The maximum absolute atomic E-state index is 14.8. The van der Waals surface area contributed by atoms with Crippen molar-refractivity contribution in [3.8, 4) is 17.1 Å². The number of anilines is 1. The van der Waals surface area contributed by atoms with Crippen molar-refractivity contribution in [3.05, 3.63) is 76.1 Å². The van der Waals surface area contributed by atoms with Crippen LogP contribution >= 0.6 is 11.6 Å². The Kier molecular flexibility index (Phi) is 7.22. The monoisotopic (exact) mass is 549 g/mol. The molecule has 39 heavy (non-hydrogen) atoms. The number of hydrogen-bond donors (Lipinski definition) is 0. The number of pyridine rings is 1. The Morgan fingerprint density at radius 3 is 2.72 bits per heavy atom. The summed E-state index contributed by atoms with van der Waals surface area (Å²) in [5, 5.41) is 5.23. The van der Waals surface area contributed by atoms with Crippen molar-refractivity contribution < 1.29 is 9.18 Å². The highest BCUT2D eigenvalue weighted by molar-refractivity contribution is 6.33. The van der Waals surface area contributed by atoms with Crippen molar-refractivity contribution >= 4 is 34.4 Å². The number of aryl methyl sites for hydroxylation is 2. The van der Waals surface area contributed by atoms with Gasteiger partial charge in [-0.05, 0) is 44.5 Å². The van der Waals surface area contributed by atoms with Gasteiger partial charge in [0.15, 0.2) is 5.65 Å². The fraction of sp³-hybridized carbons (Fsp3) is 0.321. The zero-order valence-corrected chi connectivity index (χ0v) is 22.8. The van der Waals surface area contributed by atoms with E-state index in [0.29, 0.717) is 48.8 Å². The highest BCUT2D eigenvalue weighted by Gasteiger charge is 2.30. The first-order valence-electron chi connectivity index (χ1n) is 12.8. The van der Waals surface area contributed by atoms with Crippen LogP contribution in [-0.4, -0.2) is 60.8 Å². The Balaban J connectivity index is 1.78. The van der Waals surface area contributed by atoms with Crippen LogP contribution in [0.3, 0.4) is 0 Å². The number of hydrogen-bond acceptors (Lipinski definition) is 6. The summed E-state index contributed by atoms with van der Waals surface area (Å²) < 4.78 is 18.0. The van der Waals surface area contributed by atoms with Crippen molar-refractivity contribution in [3.63, 3.8) is 0 Å². The van der Waals surface area contributed by atoms with Crippen molar-refractivity contribution in [1.29, 1.82) is 0 Å². The van der Waals surface area contributed by atoms with Crippen LogP contribution < -0.4 is 10.6 Å². The molecule has 0 saturated carbocycles. The molecule has 0 aliphatic carbocycles. The molecule has 0 bridgehead atoms. The van der Waals surface area contributed by atoms with E-state index in [9.17, 15) is 14.0 Å². The van der Waals surface area contributed by atoms with Gasteiger partial charge in [0.05, 0.1) is 22.3 Å². The van der Waals surface area contributed by atoms with Gasteiger partial charge in [-0.15, -0.1) is 0 Å². The van der Waals surface area contributed by atoms with E-state index in [-0.39, 0.29) is 28.2 Å². The van der Waals surface area contributed by atoms with Gasteiger partial charge in [-0.25, -0.2) is 23.4 Å². The number of halogens is 2. The van der Waals surface area contributed by atoms with Gasteiger partial charge in [-0.3, -0.25) is 4.79 Å². The van der Waals surface area contributed by atoms with Crippen molar-refractivity contribution in [2.45, 2.75) is 39.8 Å². The second kappa shape index (κ2) is 10.6. The van der Waals surface area contributed by atoms with Gasteiger partial charge in [-0.1, -0.05) is 37.2 Å². The number of aromatic nitrogens is 5. The molecule has 1 aromatic carbocycles. The number of benzene rings is 1.